The summed E-state index contributed by atoms with van der Waals surface area (Å²) in [6.07, 6.45) is -4.68. The minimum absolute atomic E-state index is 0.0898. The Morgan fingerprint density at radius 3 is 2.42 bits per heavy atom. The van der Waals surface area contributed by atoms with Crippen molar-refractivity contribution >= 4 is 10.0 Å². The van der Waals surface area contributed by atoms with Crippen molar-refractivity contribution in [2.75, 3.05) is 13.1 Å². The van der Waals surface area contributed by atoms with Crippen LogP contribution in [0.3, 0.4) is 0 Å². The maximum atomic E-state index is 12.8. The molecule has 1 rings (SSSR count). The van der Waals surface area contributed by atoms with Gasteiger partial charge in [-0.15, -0.1) is 0 Å². The molecule has 0 aliphatic carbocycles. The molecule has 0 radical (unpaired) electrons. The molecule has 0 saturated carbocycles. The minimum Gasteiger partial charge on any atom is -0.330 e. The van der Waals surface area contributed by atoms with Gasteiger partial charge in [0.15, 0.2) is 0 Å². The van der Waals surface area contributed by atoms with Crippen LogP contribution in [0.4, 0.5) is 17.6 Å². The van der Waals surface area contributed by atoms with Gasteiger partial charge in [-0.1, -0.05) is 0 Å². The van der Waals surface area contributed by atoms with Crippen molar-refractivity contribution < 1.29 is 26.0 Å². The maximum absolute atomic E-state index is 12.8. The van der Waals surface area contributed by atoms with E-state index >= 15 is 0 Å². The molecule has 0 unspecified atom stereocenters. The van der Waals surface area contributed by atoms with Crippen molar-refractivity contribution in [2.24, 2.45) is 5.73 Å². The van der Waals surface area contributed by atoms with Gasteiger partial charge in [0, 0.05) is 6.54 Å². The molecule has 0 aliphatic rings. The van der Waals surface area contributed by atoms with E-state index in [-0.39, 0.29) is 25.6 Å². The van der Waals surface area contributed by atoms with Gasteiger partial charge in [0.2, 0.25) is 10.0 Å². The van der Waals surface area contributed by atoms with Gasteiger partial charge < -0.3 is 5.73 Å². The van der Waals surface area contributed by atoms with Gasteiger partial charge in [-0.25, -0.2) is 17.5 Å². The number of sulfonamides is 1. The molecular weight excluding hydrogens is 288 g/mol. The highest BCUT2D eigenvalue weighted by Crippen LogP contribution is 2.34. The van der Waals surface area contributed by atoms with Crippen molar-refractivity contribution in [3.8, 4) is 0 Å². The molecule has 1 aromatic rings. The van der Waals surface area contributed by atoms with Gasteiger partial charge in [-0.05, 0) is 31.2 Å². The van der Waals surface area contributed by atoms with Crippen LogP contribution in [0.25, 0.3) is 0 Å². The van der Waals surface area contributed by atoms with E-state index < -0.39 is 32.5 Å². The molecule has 1 aromatic carbocycles. The number of nitrogens with one attached hydrogen (secondary N) is 1. The van der Waals surface area contributed by atoms with E-state index in [0.717, 1.165) is 0 Å². The highest BCUT2D eigenvalue weighted by atomic mass is 32.2. The zero-order chi connectivity index (χ0) is 14.7. The number of hydrogen-bond donors (Lipinski definition) is 2. The second-order valence-corrected chi connectivity index (χ2v) is 5.41. The van der Waals surface area contributed by atoms with Crippen molar-refractivity contribution in [1.29, 1.82) is 0 Å². The normalized spacial score (nSPS) is 12.7. The Labute approximate surface area is 107 Å². The molecule has 0 atom stereocenters. The number of benzene rings is 1. The lowest BCUT2D eigenvalue weighted by atomic mass is 10.2. The fraction of sp³-hybridized carbons (Fsp3) is 0.400. The molecule has 9 heteroatoms. The van der Waals surface area contributed by atoms with Gasteiger partial charge in [0.25, 0.3) is 0 Å². The first-order chi connectivity index (χ1) is 8.68. The lowest BCUT2D eigenvalue weighted by molar-refractivity contribution is -0.140. The average molecular weight is 300 g/mol. The minimum atomic E-state index is -4.96. The van der Waals surface area contributed by atoms with Gasteiger partial charge >= 0.3 is 6.18 Å². The predicted molar refractivity (Wildman–Crippen MR) is 60.3 cm³/mol. The third-order valence-electron chi connectivity index (χ3n) is 2.21. The van der Waals surface area contributed by atoms with Crippen LogP contribution in [0.5, 0.6) is 0 Å². The summed E-state index contributed by atoms with van der Waals surface area (Å²) in [5, 5.41) is 0. The van der Waals surface area contributed by atoms with Crippen molar-refractivity contribution in [3.63, 3.8) is 0 Å². The Morgan fingerprint density at radius 2 is 1.89 bits per heavy atom. The van der Waals surface area contributed by atoms with Crippen LogP contribution in [0, 0.1) is 5.82 Å². The molecule has 3 N–H and O–H groups in total. The lowest BCUT2D eigenvalue weighted by Crippen LogP contribution is -2.28. The van der Waals surface area contributed by atoms with Gasteiger partial charge in [-0.2, -0.15) is 13.2 Å². The largest absolute Gasteiger partial charge is 0.417 e. The van der Waals surface area contributed by atoms with Crippen LogP contribution in [-0.2, 0) is 16.2 Å². The zero-order valence-corrected chi connectivity index (χ0v) is 10.5. The second-order valence-electron chi connectivity index (χ2n) is 3.68. The van der Waals surface area contributed by atoms with E-state index in [2.05, 4.69) is 0 Å². The van der Waals surface area contributed by atoms with Crippen LogP contribution in [0.15, 0.2) is 23.1 Å². The maximum Gasteiger partial charge on any atom is 0.417 e. The van der Waals surface area contributed by atoms with Gasteiger partial charge in [-0.3, -0.25) is 0 Å². The fourth-order valence-corrected chi connectivity index (χ4v) is 2.62. The third-order valence-corrected chi connectivity index (χ3v) is 3.73. The number of nitrogens with two attached hydrogens (primary N) is 1. The molecule has 19 heavy (non-hydrogen) atoms. The van der Waals surface area contributed by atoms with Gasteiger partial charge in [0.05, 0.1) is 10.5 Å². The summed E-state index contributed by atoms with van der Waals surface area (Å²) >= 11 is 0. The van der Waals surface area contributed by atoms with Crippen LogP contribution >= 0.6 is 0 Å². The average Bonchev–Trinajstić information content (AvgIpc) is 2.27. The summed E-state index contributed by atoms with van der Waals surface area (Å²) in [5.41, 5.74) is 3.62. The van der Waals surface area contributed by atoms with Crippen LogP contribution in [-0.4, -0.2) is 21.5 Å². The molecule has 0 saturated heterocycles. The molecule has 0 heterocycles. The zero-order valence-electron chi connectivity index (χ0n) is 9.67. The summed E-state index contributed by atoms with van der Waals surface area (Å²) in [7, 11) is -4.36. The first kappa shape index (κ1) is 15.9. The summed E-state index contributed by atoms with van der Waals surface area (Å²) in [4.78, 5) is -1.00. The summed E-state index contributed by atoms with van der Waals surface area (Å²) in [6.45, 7) is 0.103. The molecule has 0 spiro atoms. The van der Waals surface area contributed by atoms with E-state index in [4.69, 9.17) is 5.73 Å². The Balaban J connectivity index is 3.19. The van der Waals surface area contributed by atoms with E-state index in [9.17, 15) is 26.0 Å². The number of hydrogen-bond acceptors (Lipinski definition) is 3. The topological polar surface area (TPSA) is 72.2 Å². The first-order valence-electron chi connectivity index (χ1n) is 5.25. The van der Waals surface area contributed by atoms with Crippen LogP contribution in [0.2, 0.25) is 0 Å². The standard InChI is InChI=1S/C10H12F4N2O2S/c11-7-2-3-9(8(6-7)10(12,13)14)19(17,18)16-5-1-4-15/h2-3,6,16H,1,4-5,15H2. The van der Waals surface area contributed by atoms with Gasteiger partial charge in [0.1, 0.15) is 5.82 Å². The molecule has 108 valence electrons. The predicted octanol–water partition coefficient (Wildman–Crippen LogP) is 1.47. The smallest absolute Gasteiger partial charge is 0.330 e. The van der Waals surface area contributed by atoms with E-state index in [0.29, 0.717) is 12.1 Å². The van der Waals surface area contributed by atoms with Crippen molar-refractivity contribution in [2.45, 2.75) is 17.5 Å². The molecule has 0 aliphatic heterocycles. The Morgan fingerprint density at radius 1 is 1.26 bits per heavy atom. The summed E-state index contributed by atoms with van der Waals surface area (Å²) in [5.74, 6) is -1.16. The Kier molecular flexibility index (Phi) is 4.88. The second kappa shape index (κ2) is 5.85. The molecule has 0 aromatic heterocycles. The Bertz CT molecular complexity index is 543. The quantitative estimate of drug-likeness (QED) is 0.639. The molecule has 0 bridgehead atoms. The number of rotatable bonds is 5. The molecule has 0 fully saturated rings. The SMILES string of the molecule is NCCCNS(=O)(=O)c1ccc(F)cc1C(F)(F)F. The third kappa shape index (κ3) is 4.15. The molecule has 4 nitrogen and oxygen atoms in total. The van der Waals surface area contributed by atoms with E-state index in [1.807, 2.05) is 4.72 Å². The fourth-order valence-electron chi connectivity index (χ4n) is 1.34. The summed E-state index contributed by atoms with van der Waals surface area (Å²) < 4.78 is 76.2. The van der Waals surface area contributed by atoms with Crippen molar-refractivity contribution in [3.05, 3.63) is 29.6 Å². The highest BCUT2D eigenvalue weighted by Gasteiger charge is 2.37. The number of alkyl halides is 3. The number of halogens is 4. The van der Waals surface area contributed by atoms with E-state index in [1.54, 1.807) is 0 Å². The Hall–Kier alpha value is -1.19. The summed E-state index contributed by atoms with van der Waals surface area (Å²) in [6, 6.07) is 1.40. The highest BCUT2D eigenvalue weighted by molar-refractivity contribution is 7.89. The monoisotopic (exact) mass is 300 g/mol. The van der Waals surface area contributed by atoms with Crippen LogP contribution in [0.1, 0.15) is 12.0 Å². The van der Waals surface area contributed by atoms with Crippen LogP contribution < -0.4 is 10.5 Å². The molecule has 0 amide bonds. The van der Waals surface area contributed by atoms with Crippen molar-refractivity contribution in [1.82, 2.24) is 4.72 Å². The molecular formula is C10H12F4N2O2S. The van der Waals surface area contributed by atoms with E-state index in [1.165, 1.54) is 0 Å². The lowest BCUT2D eigenvalue weighted by Gasteiger charge is -2.13. The first-order valence-corrected chi connectivity index (χ1v) is 6.73.